The Balaban J connectivity index is 1.77. The Kier molecular flexibility index (Phi) is 3.51. The lowest BCUT2D eigenvalue weighted by molar-refractivity contribution is -0.384. The third kappa shape index (κ3) is 2.56. The zero-order chi connectivity index (χ0) is 15.0. The van der Waals surface area contributed by atoms with Crippen molar-refractivity contribution in [2.45, 2.75) is 12.3 Å². The van der Waals surface area contributed by atoms with Gasteiger partial charge in [0.15, 0.2) is 0 Å². The molecule has 1 unspecified atom stereocenters. The maximum Gasteiger partial charge on any atom is 0.295 e. The van der Waals surface area contributed by atoms with Crippen molar-refractivity contribution in [3.8, 4) is 0 Å². The van der Waals surface area contributed by atoms with E-state index in [0.717, 1.165) is 12.5 Å². The minimum atomic E-state index is -0.789. The van der Waals surface area contributed by atoms with E-state index in [1.807, 2.05) is 12.1 Å². The van der Waals surface area contributed by atoms with Crippen LogP contribution in [0, 0.1) is 15.9 Å². The molecule has 1 atom stereocenters. The summed E-state index contributed by atoms with van der Waals surface area (Å²) < 4.78 is 13.3. The number of anilines is 1. The molecular formula is C15H12ClFN2O2. The van der Waals surface area contributed by atoms with E-state index in [4.69, 9.17) is 11.6 Å². The summed E-state index contributed by atoms with van der Waals surface area (Å²) in [6.45, 7) is 0.555. The third-order valence-electron chi connectivity index (χ3n) is 3.74. The van der Waals surface area contributed by atoms with Crippen LogP contribution in [-0.2, 0) is 6.42 Å². The minimum absolute atomic E-state index is 0.128. The Morgan fingerprint density at radius 2 is 2.14 bits per heavy atom. The van der Waals surface area contributed by atoms with Crippen LogP contribution >= 0.6 is 11.6 Å². The molecule has 2 aromatic carbocycles. The van der Waals surface area contributed by atoms with E-state index in [1.165, 1.54) is 17.2 Å². The van der Waals surface area contributed by atoms with E-state index in [0.29, 0.717) is 12.5 Å². The first-order valence-electron chi connectivity index (χ1n) is 6.51. The minimum Gasteiger partial charge on any atom is -0.379 e. The van der Waals surface area contributed by atoms with E-state index in [9.17, 15) is 14.5 Å². The van der Waals surface area contributed by atoms with E-state index >= 15 is 0 Å². The first-order chi connectivity index (χ1) is 10.1. The first kappa shape index (κ1) is 13.8. The van der Waals surface area contributed by atoms with E-state index in [1.54, 1.807) is 0 Å². The lowest BCUT2D eigenvalue weighted by Crippen LogP contribution is -2.24. The quantitative estimate of drug-likeness (QED) is 0.682. The monoisotopic (exact) mass is 306 g/mol. The van der Waals surface area contributed by atoms with Gasteiger partial charge in [0.05, 0.1) is 16.0 Å². The number of hydrogen-bond acceptors (Lipinski definition) is 3. The molecule has 1 aliphatic carbocycles. The van der Waals surface area contributed by atoms with Crippen molar-refractivity contribution in [1.29, 1.82) is 0 Å². The predicted octanol–water partition coefficient (Wildman–Crippen LogP) is 4.14. The zero-order valence-electron chi connectivity index (χ0n) is 11.0. The average Bonchev–Trinajstić information content (AvgIpc) is 2.43. The number of nitro groups is 1. The molecule has 21 heavy (non-hydrogen) atoms. The molecule has 4 nitrogen and oxygen atoms in total. The highest BCUT2D eigenvalue weighted by atomic mass is 35.5. The van der Waals surface area contributed by atoms with Gasteiger partial charge in [0.2, 0.25) is 0 Å². The van der Waals surface area contributed by atoms with Crippen molar-refractivity contribution in [3.63, 3.8) is 0 Å². The van der Waals surface area contributed by atoms with Gasteiger partial charge in [-0.05, 0) is 23.6 Å². The predicted molar refractivity (Wildman–Crippen MR) is 79.4 cm³/mol. The number of nitrogens with zero attached hydrogens (tertiary/aromatic N) is 1. The molecular weight excluding hydrogens is 295 g/mol. The normalized spacial score (nSPS) is 16.0. The number of rotatable bonds is 4. The molecule has 0 saturated heterocycles. The number of nitrogens with one attached hydrogen (secondary N) is 1. The molecule has 0 spiro atoms. The Hall–Kier alpha value is -2.14. The third-order valence-corrected chi connectivity index (χ3v) is 4.03. The van der Waals surface area contributed by atoms with Gasteiger partial charge in [0, 0.05) is 12.5 Å². The van der Waals surface area contributed by atoms with E-state index in [2.05, 4.69) is 17.4 Å². The first-order valence-corrected chi connectivity index (χ1v) is 6.89. The highest BCUT2D eigenvalue weighted by molar-refractivity contribution is 6.31. The largest absolute Gasteiger partial charge is 0.379 e. The van der Waals surface area contributed by atoms with Crippen molar-refractivity contribution in [2.75, 3.05) is 11.9 Å². The summed E-state index contributed by atoms with van der Waals surface area (Å²) in [7, 11) is 0. The summed E-state index contributed by atoms with van der Waals surface area (Å²) in [5.41, 5.74) is 2.50. The van der Waals surface area contributed by atoms with Crippen molar-refractivity contribution in [3.05, 3.63) is 68.5 Å². The van der Waals surface area contributed by atoms with Crippen LogP contribution in [0.25, 0.3) is 0 Å². The van der Waals surface area contributed by atoms with Crippen molar-refractivity contribution in [2.24, 2.45) is 0 Å². The number of fused-ring (bicyclic) bond motifs is 1. The maximum atomic E-state index is 13.3. The summed E-state index contributed by atoms with van der Waals surface area (Å²) in [6, 6.07) is 10.2. The second kappa shape index (κ2) is 5.33. The van der Waals surface area contributed by atoms with Crippen molar-refractivity contribution in [1.82, 2.24) is 0 Å². The molecule has 1 N–H and O–H groups in total. The topological polar surface area (TPSA) is 55.2 Å². The van der Waals surface area contributed by atoms with Crippen LogP contribution in [-0.4, -0.2) is 11.5 Å². The molecule has 3 rings (SSSR count). The van der Waals surface area contributed by atoms with Gasteiger partial charge in [-0.3, -0.25) is 10.1 Å². The van der Waals surface area contributed by atoms with Crippen LogP contribution in [0.1, 0.15) is 17.0 Å². The van der Waals surface area contributed by atoms with Crippen LogP contribution < -0.4 is 5.32 Å². The molecule has 1 aliphatic rings. The fraction of sp³-hybridized carbons (Fsp3) is 0.200. The lowest BCUT2D eigenvalue weighted by atomic mass is 9.77. The Morgan fingerprint density at radius 1 is 1.38 bits per heavy atom. The van der Waals surface area contributed by atoms with Crippen LogP contribution in [0.5, 0.6) is 0 Å². The molecule has 6 heteroatoms. The number of halogens is 2. The fourth-order valence-corrected chi connectivity index (χ4v) is 2.77. The van der Waals surface area contributed by atoms with Gasteiger partial charge in [-0.25, -0.2) is 4.39 Å². The highest BCUT2D eigenvalue weighted by Gasteiger charge is 2.26. The SMILES string of the molecule is O=[N+]([O-])c1cc(F)c(Cl)cc1NCC1Cc2ccccc21. The lowest BCUT2D eigenvalue weighted by Gasteiger charge is -2.30. The smallest absolute Gasteiger partial charge is 0.295 e. The number of nitro benzene ring substituents is 1. The molecule has 0 fully saturated rings. The van der Waals surface area contributed by atoms with Gasteiger partial charge in [0.1, 0.15) is 11.5 Å². The van der Waals surface area contributed by atoms with Crippen molar-refractivity contribution >= 4 is 23.0 Å². The summed E-state index contributed by atoms with van der Waals surface area (Å²) in [5, 5.41) is 13.9. The van der Waals surface area contributed by atoms with Crippen LogP contribution in [0.4, 0.5) is 15.8 Å². The van der Waals surface area contributed by atoms with Gasteiger partial charge in [0.25, 0.3) is 5.69 Å². The van der Waals surface area contributed by atoms with Crippen LogP contribution in [0.15, 0.2) is 36.4 Å². The zero-order valence-corrected chi connectivity index (χ0v) is 11.7. The molecule has 108 valence electrons. The second-order valence-corrected chi connectivity index (χ2v) is 5.43. The van der Waals surface area contributed by atoms with Crippen molar-refractivity contribution < 1.29 is 9.31 Å². The summed E-state index contributed by atoms with van der Waals surface area (Å²) in [5.74, 6) is -0.479. The molecule has 0 bridgehead atoms. The van der Waals surface area contributed by atoms with Crippen LogP contribution in [0.3, 0.4) is 0 Å². The van der Waals surface area contributed by atoms with Gasteiger partial charge in [-0.15, -0.1) is 0 Å². The van der Waals surface area contributed by atoms with E-state index < -0.39 is 10.7 Å². The van der Waals surface area contributed by atoms with Gasteiger partial charge < -0.3 is 5.32 Å². The Bertz CT molecular complexity index is 721. The summed E-state index contributed by atoms with van der Waals surface area (Å²) in [4.78, 5) is 10.4. The molecule has 0 amide bonds. The molecule has 0 radical (unpaired) electrons. The van der Waals surface area contributed by atoms with Gasteiger partial charge in [-0.2, -0.15) is 0 Å². The molecule has 0 aliphatic heterocycles. The standard InChI is InChI=1S/C15H12ClFN2O2/c16-12-6-14(15(19(20)21)7-13(12)17)18-8-10-5-9-3-1-2-4-11(9)10/h1-4,6-7,10,18H,5,8H2. The molecule has 2 aromatic rings. The fourth-order valence-electron chi connectivity index (χ4n) is 2.61. The number of hydrogen-bond donors (Lipinski definition) is 1. The highest BCUT2D eigenvalue weighted by Crippen LogP contribution is 2.36. The van der Waals surface area contributed by atoms with Gasteiger partial charge >= 0.3 is 0 Å². The summed E-state index contributed by atoms with van der Waals surface area (Å²) >= 11 is 5.70. The average molecular weight is 307 g/mol. The van der Waals surface area contributed by atoms with Gasteiger partial charge in [-0.1, -0.05) is 35.9 Å². The summed E-state index contributed by atoms with van der Waals surface area (Å²) in [6.07, 6.45) is 0.936. The maximum absolute atomic E-state index is 13.3. The van der Waals surface area contributed by atoms with Crippen LogP contribution in [0.2, 0.25) is 5.02 Å². The molecule has 0 aromatic heterocycles. The Morgan fingerprint density at radius 3 is 2.86 bits per heavy atom. The number of benzene rings is 2. The second-order valence-electron chi connectivity index (χ2n) is 5.02. The molecule has 0 saturated carbocycles. The molecule has 0 heterocycles. The van der Waals surface area contributed by atoms with E-state index in [-0.39, 0.29) is 16.4 Å². The Labute approximate surface area is 125 Å².